The Balaban J connectivity index is 1.48. The van der Waals surface area contributed by atoms with Crippen LogP contribution in [0, 0.1) is 11.3 Å². The van der Waals surface area contributed by atoms with Crippen LogP contribution in [0.5, 0.6) is 0 Å². The van der Waals surface area contributed by atoms with E-state index in [2.05, 4.69) is 10.3 Å². The summed E-state index contributed by atoms with van der Waals surface area (Å²) in [4.78, 5) is 29.9. The zero-order valence-corrected chi connectivity index (χ0v) is 19.5. The van der Waals surface area contributed by atoms with Gasteiger partial charge in [-0.25, -0.2) is 8.42 Å². The molecule has 0 saturated carbocycles. The smallest absolute Gasteiger partial charge is 0.245 e. The lowest BCUT2D eigenvalue weighted by Crippen LogP contribution is -2.56. The van der Waals surface area contributed by atoms with Gasteiger partial charge in [0, 0.05) is 56.6 Å². The number of piperazine rings is 1. The molecule has 34 heavy (non-hydrogen) atoms. The summed E-state index contributed by atoms with van der Waals surface area (Å²) in [7, 11) is -3.86. The number of aromatic nitrogens is 1. The number of sulfonamides is 1. The molecule has 2 amide bonds. The highest BCUT2D eigenvalue weighted by molar-refractivity contribution is 7.89. The van der Waals surface area contributed by atoms with E-state index in [4.69, 9.17) is 0 Å². The average Bonchev–Trinajstić information content (AvgIpc) is 3.25. The highest BCUT2D eigenvalue weighted by atomic mass is 32.2. The number of hydrogen-bond acceptors (Lipinski definition) is 5. The first-order valence-electron chi connectivity index (χ1n) is 10.9. The highest BCUT2D eigenvalue weighted by Gasteiger charge is 2.34. The predicted molar refractivity (Wildman–Crippen MR) is 126 cm³/mol. The number of amides is 2. The third-order valence-corrected chi connectivity index (χ3v) is 7.91. The van der Waals surface area contributed by atoms with Crippen LogP contribution >= 0.6 is 0 Å². The van der Waals surface area contributed by atoms with Gasteiger partial charge in [-0.2, -0.15) is 9.57 Å². The van der Waals surface area contributed by atoms with Crippen LogP contribution in [-0.4, -0.2) is 66.6 Å². The molecule has 2 heterocycles. The topological polar surface area (TPSA) is 126 Å². The largest absolute Gasteiger partial charge is 0.361 e. The molecule has 1 fully saturated rings. The van der Waals surface area contributed by atoms with Gasteiger partial charge in [-0.15, -0.1) is 0 Å². The first kappa shape index (κ1) is 23.5. The van der Waals surface area contributed by atoms with E-state index in [1.54, 1.807) is 17.0 Å². The summed E-state index contributed by atoms with van der Waals surface area (Å²) in [5.74, 6) is -0.567. The van der Waals surface area contributed by atoms with E-state index in [0.717, 1.165) is 16.5 Å². The van der Waals surface area contributed by atoms with Crippen molar-refractivity contribution in [3.63, 3.8) is 0 Å². The van der Waals surface area contributed by atoms with Gasteiger partial charge in [-0.1, -0.05) is 30.3 Å². The van der Waals surface area contributed by atoms with Crippen LogP contribution in [-0.2, 0) is 26.0 Å². The molecule has 1 aliphatic heterocycles. The van der Waals surface area contributed by atoms with Crippen LogP contribution in [0.2, 0.25) is 0 Å². The summed E-state index contributed by atoms with van der Waals surface area (Å²) < 4.78 is 27.4. The van der Waals surface area contributed by atoms with Gasteiger partial charge in [0.05, 0.1) is 10.5 Å². The van der Waals surface area contributed by atoms with Crippen molar-refractivity contribution in [1.29, 1.82) is 5.26 Å². The lowest BCUT2D eigenvalue weighted by atomic mass is 10.0. The molecule has 0 unspecified atom stereocenters. The number of carbonyl (C=O) groups excluding carboxylic acids is 2. The molecule has 1 aliphatic rings. The number of aromatic amines is 1. The lowest BCUT2D eigenvalue weighted by Gasteiger charge is -2.36. The van der Waals surface area contributed by atoms with Crippen LogP contribution in [0.3, 0.4) is 0 Å². The van der Waals surface area contributed by atoms with Crippen LogP contribution in [0.15, 0.2) is 59.6 Å². The van der Waals surface area contributed by atoms with Gasteiger partial charge in [0.15, 0.2) is 0 Å². The van der Waals surface area contributed by atoms with Crippen molar-refractivity contribution in [2.75, 3.05) is 26.2 Å². The van der Waals surface area contributed by atoms with Crippen LogP contribution in [0.1, 0.15) is 18.1 Å². The number of nitriles is 1. The molecular weight excluding hydrogens is 454 g/mol. The highest BCUT2D eigenvalue weighted by Crippen LogP contribution is 2.23. The third kappa shape index (κ3) is 4.66. The molecule has 4 rings (SSSR count). The van der Waals surface area contributed by atoms with Crippen LogP contribution in [0.25, 0.3) is 10.9 Å². The molecule has 0 aliphatic carbocycles. The quantitative estimate of drug-likeness (QED) is 0.556. The Kier molecular flexibility index (Phi) is 6.68. The number of benzene rings is 2. The van der Waals surface area contributed by atoms with Crippen molar-refractivity contribution in [3.8, 4) is 6.07 Å². The van der Waals surface area contributed by atoms with Crippen molar-refractivity contribution in [2.45, 2.75) is 24.3 Å². The number of para-hydroxylation sites is 1. The number of nitrogens with one attached hydrogen (secondary N) is 2. The number of hydrogen-bond donors (Lipinski definition) is 2. The summed E-state index contributed by atoms with van der Waals surface area (Å²) in [6, 6.07) is 15.0. The van der Waals surface area contributed by atoms with Gasteiger partial charge in [0.1, 0.15) is 12.1 Å². The van der Waals surface area contributed by atoms with Gasteiger partial charge in [-0.05, 0) is 23.8 Å². The molecule has 2 N–H and O–H groups in total. The fourth-order valence-corrected chi connectivity index (χ4v) is 5.82. The van der Waals surface area contributed by atoms with Crippen molar-refractivity contribution in [3.05, 3.63) is 65.9 Å². The Hall–Kier alpha value is -3.68. The summed E-state index contributed by atoms with van der Waals surface area (Å²) in [6.45, 7) is 1.96. The lowest BCUT2D eigenvalue weighted by molar-refractivity contribution is -0.137. The van der Waals surface area contributed by atoms with Gasteiger partial charge < -0.3 is 15.2 Å². The van der Waals surface area contributed by atoms with E-state index in [9.17, 15) is 23.3 Å². The van der Waals surface area contributed by atoms with E-state index < -0.39 is 16.1 Å². The Bertz CT molecular complexity index is 1370. The Morgan fingerprint density at radius 2 is 1.76 bits per heavy atom. The molecule has 0 bridgehead atoms. The summed E-state index contributed by atoms with van der Waals surface area (Å²) in [5, 5.41) is 13.0. The minimum atomic E-state index is -3.86. The second kappa shape index (κ2) is 9.67. The van der Waals surface area contributed by atoms with E-state index in [1.807, 2.05) is 36.5 Å². The SMILES string of the molecule is CC(=O)N[C@@H](Cc1c[nH]c2ccccc12)C(=O)N1CCN(S(=O)(=O)c2ccccc2C#N)CC1. The number of nitrogens with zero attached hydrogens (tertiary/aromatic N) is 3. The number of rotatable bonds is 6. The van der Waals surface area contributed by atoms with Gasteiger partial charge >= 0.3 is 0 Å². The zero-order chi connectivity index (χ0) is 24.3. The first-order valence-corrected chi connectivity index (χ1v) is 12.4. The van der Waals surface area contributed by atoms with Crippen LogP contribution in [0.4, 0.5) is 0 Å². The molecule has 1 saturated heterocycles. The maximum Gasteiger partial charge on any atom is 0.245 e. The maximum atomic E-state index is 13.3. The molecule has 9 nitrogen and oxygen atoms in total. The van der Waals surface area contributed by atoms with E-state index in [-0.39, 0.29) is 48.5 Å². The second-order valence-corrected chi connectivity index (χ2v) is 10.1. The average molecular weight is 480 g/mol. The fraction of sp³-hybridized carbons (Fsp3) is 0.292. The molecule has 2 aromatic carbocycles. The normalized spacial score (nSPS) is 15.6. The van der Waals surface area contributed by atoms with Crippen molar-refractivity contribution < 1.29 is 18.0 Å². The summed E-state index contributed by atoms with van der Waals surface area (Å²) in [6.07, 6.45) is 2.15. The van der Waals surface area contributed by atoms with E-state index >= 15 is 0 Å². The van der Waals surface area contributed by atoms with E-state index in [0.29, 0.717) is 6.42 Å². The third-order valence-electron chi connectivity index (χ3n) is 5.95. The molecule has 1 aromatic heterocycles. The molecular formula is C24H25N5O4S. The summed E-state index contributed by atoms with van der Waals surface area (Å²) in [5.41, 5.74) is 1.95. The Morgan fingerprint density at radius 3 is 2.47 bits per heavy atom. The Labute approximate surface area is 198 Å². The molecule has 1 atom stereocenters. The van der Waals surface area contributed by atoms with E-state index in [1.165, 1.54) is 23.4 Å². The first-order chi connectivity index (χ1) is 16.3. The minimum absolute atomic E-state index is 0.0345. The van der Waals surface area contributed by atoms with Gasteiger partial charge in [0.2, 0.25) is 21.8 Å². The van der Waals surface area contributed by atoms with Gasteiger partial charge in [0.25, 0.3) is 0 Å². The monoisotopic (exact) mass is 479 g/mol. The second-order valence-electron chi connectivity index (χ2n) is 8.15. The summed E-state index contributed by atoms with van der Waals surface area (Å²) >= 11 is 0. The molecule has 3 aromatic rings. The predicted octanol–water partition coefficient (Wildman–Crippen LogP) is 1.62. The molecule has 0 spiro atoms. The van der Waals surface area contributed by atoms with Crippen molar-refractivity contribution in [2.24, 2.45) is 0 Å². The van der Waals surface area contributed by atoms with Crippen LogP contribution < -0.4 is 5.32 Å². The molecule has 0 radical (unpaired) electrons. The fourth-order valence-electron chi connectivity index (χ4n) is 4.26. The Morgan fingerprint density at radius 1 is 1.09 bits per heavy atom. The van der Waals surface area contributed by atoms with Crippen molar-refractivity contribution in [1.82, 2.24) is 19.5 Å². The van der Waals surface area contributed by atoms with Crippen molar-refractivity contribution >= 4 is 32.7 Å². The zero-order valence-electron chi connectivity index (χ0n) is 18.7. The molecule has 10 heteroatoms. The van der Waals surface area contributed by atoms with Gasteiger partial charge in [-0.3, -0.25) is 9.59 Å². The number of H-pyrrole nitrogens is 1. The minimum Gasteiger partial charge on any atom is -0.361 e. The standard InChI is InChI=1S/C24H25N5O4S/c1-17(30)27-22(14-19-16-26-21-8-4-3-7-20(19)21)24(31)28-10-12-29(13-11-28)34(32,33)23-9-5-2-6-18(23)15-25/h2-9,16,22,26H,10-14H2,1H3,(H,27,30)/t22-/m0/s1. The number of fused-ring (bicyclic) bond motifs is 1. The number of carbonyl (C=O) groups is 2. The molecule has 176 valence electrons. The maximum absolute atomic E-state index is 13.3.